The summed E-state index contributed by atoms with van der Waals surface area (Å²) in [7, 11) is 1.74. The highest BCUT2D eigenvalue weighted by molar-refractivity contribution is 5.76. The molecule has 2 heterocycles. The first-order chi connectivity index (χ1) is 13.6. The van der Waals surface area contributed by atoms with Gasteiger partial charge in [-0.1, -0.05) is 39.0 Å². The standard InChI is InChI=1S/C22H28N4O3/c1-6-25(21(28)29)13-15-8-7-9-16(12-15)17-10-11-18-19(23-17)24(5)20(27)26(18)14-22(2,3)4/h7-12H,6,13-14H2,1-5H3,(H,28,29). The molecule has 2 aromatic heterocycles. The molecular formula is C22H28N4O3. The zero-order valence-electron chi connectivity index (χ0n) is 17.6. The molecule has 0 fully saturated rings. The monoisotopic (exact) mass is 396 g/mol. The molecular weight excluding hydrogens is 368 g/mol. The van der Waals surface area contributed by atoms with Gasteiger partial charge in [0.25, 0.3) is 0 Å². The average molecular weight is 396 g/mol. The molecule has 3 rings (SSSR count). The molecule has 7 nitrogen and oxygen atoms in total. The largest absolute Gasteiger partial charge is 0.465 e. The summed E-state index contributed by atoms with van der Waals surface area (Å²) in [4.78, 5) is 30.1. The second-order valence-corrected chi connectivity index (χ2v) is 8.52. The summed E-state index contributed by atoms with van der Waals surface area (Å²) >= 11 is 0. The molecule has 0 bridgehead atoms. The number of aryl methyl sites for hydroxylation is 1. The minimum absolute atomic E-state index is 0.0274. The quantitative estimate of drug-likeness (QED) is 0.708. The van der Waals surface area contributed by atoms with Gasteiger partial charge in [0.1, 0.15) is 0 Å². The van der Waals surface area contributed by atoms with Crippen molar-refractivity contribution in [3.63, 3.8) is 0 Å². The summed E-state index contributed by atoms with van der Waals surface area (Å²) in [5.74, 6) is 0. The van der Waals surface area contributed by atoms with Crippen molar-refractivity contribution >= 4 is 17.3 Å². The number of imidazole rings is 1. The van der Waals surface area contributed by atoms with E-state index in [9.17, 15) is 14.7 Å². The molecule has 0 unspecified atom stereocenters. The number of hydrogen-bond acceptors (Lipinski definition) is 3. The van der Waals surface area contributed by atoms with Gasteiger partial charge in [-0.05, 0) is 36.1 Å². The van der Waals surface area contributed by atoms with Crippen LogP contribution in [0.5, 0.6) is 0 Å². The fraction of sp³-hybridized carbons (Fsp3) is 0.409. The van der Waals surface area contributed by atoms with E-state index in [0.717, 1.165) is 22.3 Å². The fourth-order valence-corrected chi connectivity index (χ4v) is 3.43. The molecule has 1 amide bonds. The molecule has 0 aliphatic heterocycles. The molecule has 3 aromatic rings. The van der Waals surface area contributed by atoms with Crippen molar-refractivity contribution in [3.8, 4) is 11.3 Å². The van der Waals surface area contributed by atoms with Gasteiger partial charge in [0.15, 0.2) is 5.65 Å². The minimum atomic E-state index is -0.937. The van der Waals surface area contributed by atoms with Crippen molar-refractivity contribution in [2.75, 3.05) is 6.54 Å². The topological polar surface area (TPSA) is 80.4 Å². The van der Waals surface area contributed by atoms with Crippen LogP contribution in [0.3, 0.4) is 0 Å². The lowest BCUT2D eigenvalue weighted by Crippen LogP contribution is -2.28. The van der Waals surface area contributed by atoms with Gasteiger partial charge in [0, 0.05) is 32.2 Å². The van der Waals surface area contributed by atoms with Crippen molar-refractivity contribution < 1.29 is 9.90 Å². The Hall–Kier alpha value is -3.09. The number of rotatable bonds is 5. The molecule has 0 aliphatic rings. The summed E-state index contributed by atoms with van der Waals surface area (Å²) in [6.45, 7) is 9.47. The van der Waals surface area contributed by atoms with E-state index in [1.807, 2.05) is 43.3 Å². The molecule has 0 radical (unpaired) electrons. The van der Waals surface area contributed by atoms with Gasteiger partial charge < -0.3 is 10.0 Å². The van der Waals surface area contributed by atoms with Gasteiger partial charge >= 0.3 is 11.8 Å². The summed E-state index contributed by atoms with van der Waals surface area (Å²) in [6, 6.07) is 11.5. The molecule has 0 saturated carbocycles. The van der Waals surface area contributed by atoms with E-state index in [1.54, 1.807) is 16.2 Å². The Labute approximate surface area is 170 Å². The normalized spacial score (nSPS) is 11.8. The zero-order chi connectivity index (χ0) is 21.3. The van der Waals surface area contributed by atoms with Crippen molar-refractivity contribution in [1.82, 2.24) is 19.0 Å². The van der Waals surface area contributed by atoms with Crippen LogP contribution in [0.1, 0.15) is 33.3 Å². The highest BCUT2D eigenvalue weighted by atomic mass is 16.4. The van der Waals surface area contributed by atoms with Crippen molar-refractivity contribution in [2.45, 2.75) is 40.8 Å². The Kier molecular flexibility index (Phi) is 5.50. The number of amides is 1. The smallest absolute Gasteiger partial charge is 0.407 e. The molecule has 0 saturated heterocycles. The minimum Gasteiger partial charge on any atom is -0.465 e. The number of carboxylic acid groups (broad SMARTS) is 1. The van der Waals surface area contributed by atoms with Gasteiger partial charge in [-0.15, -0.1) is 0 Å². The maximum absolute atomic E-state index is 12.7. The summed E-state index contributed by atoms with van der Waals surface area (Å²) < 4.78 is 3.35. The maximum Gasteiger partial charge on any atom is 0.407 e. The van der Waals surface area contributed by atoms with Crippen LogP contribution >= 0.6 is 0 Å². The molecule has 0 atom stereocenters. The molecule has 154 valence electrons. The second kappa shape index (κ2) is 7.73. The van der Waals surface area contributed by atoms with E-state index in [2.05, 4.69) is 20.8 Å². The number of fused-ring (bicyclic) bond motifs is 1. The van der Waals surface area contributed by atoms with Gasteiger partial charge in [-0.2, -0.15) is 0 Å². The lowest BCUT2D eigenvalue weighted by molar-refractivity contribution is 0.145. The summed E-state index contributed by atoms with van der Waals surface area (Å²) in [5, 5.41) is 9.26. The van der Waals surface area contributed by atoms with Crippen LogP contribution in [0, 0.1) is 5.41 Å². The van der Waals surface area contributed by atoms with Gasteiger partial charge in [-0.25, -0.2) is 14.6 Å². The Morgan fingerprint density at radius 3 is 2.55 bits per heavy atom. The lowest BCUT2D eigenvalue weighted by atomic mass is 9.97. The lowest BCUT2D eigenvalue weighted by Gasteiger charge is -2.18. The highest BCUT2D eigenvalue weighted by Gasteiger charge is 2.19. The molecule has 0 aliphatic carbocycles. The third kappa shape index (κ3) is 4.34. The van der Waals surface area contributed by atoms with Gasteiger partial charge in [0.2, 0.25) is 0 Å². The van der Waals surface area contributed by atoms with E-state index in [4.69, 9.17) is 4.98 Å². The van der Waals surface area contributed by atoms with Crippen LogP contribution in [0.25, 0.3) is 22.4 Å². The SMILES string of the molecule is CCN(Cc1cccc(-c2ccc3c(n2)n(C)c(=O)n3CC(C)(C)C)c1)C(=O)O. The van der Waals surface area contributed by atoms with Crippen LogP contribution in [-0.4, -0.2) is 36.8 Å². The van der Waals surface area contributed by atoms with E-state index in [0.29, 0.717) is 25.3 Å². The predicted molar refractivity (Wildman–Crippen MR) is 114 cm³/mol. The molecule has 0 spiro atoms. The second-order valence-electron chi connectivity index (χ2n) is 8.52. The maximum atomic E-state index is 12.7. The Balaban J connectivity index is 2.01. The van der Waals surface area contributed by atoms with E-state index in [1.165, 1.54) is 4.90 Å². The van der Waals surface area contributed by atoms with Crippen LogP contribution in [0.15, 0.2) is 41.2 Å². The van der Waals surface area contributed by atoms with Gasteiger partial charge in [0.05, 0.1) is 11.2 Å². The zero-order valence-corrected chi connectivity index (χ0v) is 17.6. The number of hydrogen-bond donors (Lipinski definition) is 1. The number of nitrogens with zero attached hydrogens (tertiary/aromatic N) is 4. The Bertz CT molecular complexity index is 1110. The molecule has 29 heavy (non-hydrogen) atoms. The van der Waals surface area contributed by atoms with Crippen LogP contribution in [-0.2, 0) is 20.1 Å². The number of benzene rings is 1. The fourth-order valence-electron chi connectivity index (χ4n) is 3.43. The van der Waals surface area contributed by atoms with E-state index >= 15 is 0 Å². The summed E-state index contributed by atoms with van der Waals surface area (Å²) in [6.07, 6.45) is -0.937. The van der Waals surface area contributed by atoms with Crippen LogP contribution in [0.4, 0.5) is 4.79 Å². The van der Waals surface area contributed by atoms with Crippen molar-refractivity contribution in [3.05, 3.63) is 52.4 Å². The Morgan fingerprint density at radius 1 is 1.21 bits per heavy atom. The van der Waals surface area contributed by atoms with Crippen LogP contribution in [0.2, 0.25) is 0 Å². The molecule has 1 N–H and O–H groups in total. The predicted octanol–water partition coefficient (Wildman–Crippen LogP) is 3.95. The van der Waals surface area contributed by atoms with Crippen LogP contribution < -0.4 is 5.69 Å². The number of aromatic nitrogens is 3. The van der Waals surface area contributed by atoms with Crippen molar-refractivity contribution in [1.29, 1.82) is 0 Å². The summed E-state index contributed by atoms with van der Waals surface area (Å²) in [5.41, 5.74) is 3.89. The van der Waals surface area contributed by atoms with E-state index < -0.39 is 6.09 Å². The Morgan fingerprint density at radius 2 is 1.93 bits per heavy atom. The first kappa shape index (κ1) is 20.6. The molecule has 1 aromatic carbocycles. The van der Waals surface area contributed by atoms with E-state index in [-0.39, 0.29) is 11.1 Å². The highest BCUT2D eigenvalue weighted by Crippen LogP contribution is 2.24. The van der Waals surface area contributed by atoms with Gasteiger partial charge in [-0.3, -0.25) is 9.13 Å². The van der Waals surface area contributed by atoms with Crippen molar-refractivity contribution in [2.24, 2.45) is 12.5 Å². The first-order valence-electron chi connectivity index (χ1n) is 9.74. The number of pyridine rings is 1. The number of carbonyl (C=O) groups is 1. The first-order valence-corrected chi connectivity index (χ1v) is 9.74. The third-order valence-electron chi connectivity index (χ3n) is 4.86. The average Bonchev–Trinajstić information content (AvgIpc) is 2.89. The molecule has 7 heteroatoms. The third-order valence-corrected chi connectivity index (χ3v) is 4.86.